The summed E-state index contributed by atoms with van der Waals surface area (Å²) >= 11 is 0. The highest BCUT2D eigenvalue weighted by Crippen LogP contribution is 2.70. The molecule has 3 aliphatic heterocycles. The maximum atomic E-state index is 13.0. The van der Waals surface area contributed by atoms with Crippen LogP contribution in [-0.2, 0) is 20.8 Å². The first kappa shape index (κ1) is 20.2. The van der Waals surface area contributed by atoms with Crippen LogP contribution in [0.1, 0.15) is 45.1 Å². The molecule has 2 saturated carbocycles. The summed E-state index contributed by atoms with van der Waals surface area (Å²) < 4.78 is 12.6. The van der Waals surface area contributed by atoms with E-state index in [0.29, 0.717) is 5.92 Å². The lowest BCUT2D eigenvalue weighted by Crippen LogP contribution is -2.55. The van der Waals surface area contributed by atoms with Gasteiger partial charge in [0.25, 0.3) is 0 Å². The molecule has 5 nitrogen and oxygen atoms in total. The monoisotopic (exact) mass is 424 g/mol. The topological polar surface area (TPSA) is 45.3 Å². The SMILES string of the molecule is CC1CCCC2(C)CC3OC(=O)C(CN4CCN(Cc5ccccc5)CC4)C3C3OC132. The molecule has 0 radical (unpaired) electrons. The molecular formula is C26H36N2O3. The quantitative estimate of drug-likeness (QED) is 0.548. The molecule has 0 bridgehead atoms. The largest absolute Gasteiger partial charge is 0.462 e. The first-order valence-corrected chi connectivity index (χ1v) is 12.4. The predicted molar refractivity (Wildman–Crippen MR) is 118 cm³/mol. The second-order valence-electron chi connectivity index (χ2n) is 11.1. The lowest BCUT2D eigenvalue weighted by Gasteiger charge is -2.49. The maximum absolute atomic E-state index is 13.0. The lowest BCUT2D eigenvalue weighted by molar-refractivity contribution is -0.146. The van der Waals surface area contributed by atoms with Gasteiger partial charge in [-0.05, 0) is 30.7 Å². The van der Waals surface area contributed by atoms with Crippen molar-refractivity contribution in [2.75, 3.05) is 32.7 Å². The minimum Gasteiger partial charge on any atom is -0.462 e. The van der Waals surface area contributed by atoms with Gasteiger partial charge in [0, 0.05) is 50.6 Å². The number of hydrogen-bond acceptors (Lipinski definition) is 5. The number of esters is 1. The molecule has 3 saturated heterocycles. The number of carbonyl (C=O) groups is 1. The normalized spacial score (nSPS) is 44.8. The molecule has 5 fully saturated rings. The third kappa shape index (κ3) is 3.11. The zero-order chi connectivity index (χ0) is 21.2. The summed E-state index contributed by atoms with van der Waals surface area (Å²) in [6.45, 7) is 10.8. The van der Waals surface area contributed by atoms with Gasteiger partial charge < -0.3 is 9.47 Å². The molecule has 7 atom stereocenters. The van der Waals surface area contributed by atoms with Gasteiger partial charge in [-0.1, -0.05) is 50.6 Å². The summed E-state index contributed by atoms with van der Waals surface area (Å²) in [5.74, 6) is 0.856. The van der Waals surface area contributed by atoms with Gasteiger partial charge in [0.15, 0.2) is 0 Å². The van der Waals surface area contributed by atoms with Crippen LogP contribution in [0.3, 0.4) is 0 Å². The molecule has 5 aliphatic rings. The van der Waals surface area contributed by atoms with Crippen molar-refractivity contribution in [3.63, 3.8) is 0 Å². The molecule has 0 amide bonds. The maximum Gasteiger partial charge on any atom is 0.311 e. The van der Waals surface area contributed by atoms with Crippen molar-refractivity contribution in [2.45, 2.75) is 63.9 Å². The summed E-state index contributed by atoms with van der Waals surface area (Å²) in [5, 5.41) is 0. The number of benzene rings is 1. The van der Waals surface area contributed by atoms with E-state index in [1.807, 2.05) is 0 Å². The molecule has 0 aromatic heterocycles. The van der Waals surface area contributed by atoms with E-state index in [4.69, 9.17) is 9.47 Å². The molecule has 1 spiro atoms. The number of ether oxygens (including phenoxy) is 2. The van der Waals surface area contributed by atoms with Gasteiger partial charge in [-0.3, -0.25) is 14.6 Å². The number of nitrogens with zero attached hydrogens (tertiary/aromatic N) is 2. The van der Waals surface area contributed by atoms with Crippen molar-refractivity contribution in [3.05, 3.63) is 35.9 Å². The van der Waals surface area contributed by atoms with E-state index >= 15 is 0 Å². The van der Waals surface area contributed by atoms with Crippen LogP contribution in [0.4, 0.5) is 0 Å². The Hall–Kier alpha value is -1.43. The summed E-state index contributed by atoms with van der Waals surface area (Å²) in [6, 6.07) is 10.7. The van der Waals surface area contributed by atoms with E-state index in [1.165, 1.54) is 24.8 Å². The summed E-state index contributed by atoms with van der Waals surface area (Å²) in [5.41, 5.74) is 1.56. The van der Waals surface area contributed by atoms with Gasteiger partial charge in [0.05, 0.1) is 12.0 Å². The highest BCUT2D eigenvalue weighted by atomic mass is 16.6. The Morgan fingerprint density at radius 1 is 1.10 bits per heavy atom. The van der Waals surface area contributed by atoms with Crippen LogP contribution in [0.2, 0.25) is 0 Å². The third-order valence-corrected chi connectivity index (χ3v) is 9.36. The average Bonchev–Trinajstić information content (AvgIpc) is 3.45. The summed E-state index contributed by atoms with van der Waals surface area (Å²) in [4.78, 5) is 18.0. The van der Waals surface area contributed by atoms with Crippen LogP contribution < -0.4 is 0 Å². The molecule has 3 heterocycles. The highest BCUT2D eigenvalue weighted by Gasteiger charge is 2.78. The number of fused-ring (bicyclic) bond motifs is 2. The Morgan fingerprint density at radius 2 is 1.84 bits per heavy atom. The van der Waals surface area contributed by atoms with Gasteiger partial charge >= 0.3 is 5.97 Å². The van der Waals surface area contributed by atoms with Crippen LogP contribution in [0, 0.1) is 23.2 Å². The molecule has 2 aliphatic carbocycles. The fraction of sp³-hybridized carbons (Fsp3) is 0.731. The number of piperazine rings is 1. The Balaban J connectivity index is 1.11. The molecule has 0 N–H and O–H groups in total. The molecule has 1 aromatic rings. The third-order valence-electron chi connectivity index (χ3n) is 9.36. The molecule has 6 rings (SSSR count). The second kappa shape index (κ2) is 7.29. The molecule has 168 valence electrons. The standard InChI is InChI=1S/C26H36N2O3/c1-18-7-6-10-25(2)15-21-22(23-26(18,25)31-23)20(24(29)30-21)17-28-13-11-27(12-14-28)16-19-8-4-3-5-9-19/h3-5,8-9,18,20-23H,6-7,10-17H2,1-2H3. The Kier molecular flexibility index (Phi) is 4.75. The van der Waals surface area contributed by atoms with E-state index < -0.39 is 0 Å². The van der Waals surface area contributed by atoms with Gasteiger partial charge in [-0.2, -0.15) is 0 Å². The number of epoxide rings is 1. The molecule has 7 unspecified atom stereocenters. The van der Waals surface area contributed by atoms with Crippen LogP contribution in [0.25, 0.3) is 0 Å². The zero-order valence-electron chi connectivity index (χ0n) is 19.0. The summed E-state index contributed by atoms with van der Waals surface area (Å²) in [6.07, 6.45) is 5.02. The molecule has 31 heavy (non-hydrogen) atoms. The zero-order valence-corrected chi connectivity index (χ0v) is 19.0. The minimum absolute atomic E-state index is 0.00697. The van der Waals surface area contributed by atoms with Crippen molar-refractivity contribution in [1.82, 2.24) is 9.80 Å². The van der Waals surface area contributed by atoms with Gasteiger partial charge in [0.2, 0.25) is 0 Å². The van der Waals surface area contributed by atoms with Crippen LogP contribution in [0.15, 0.2) is 30.3 Å². The fourth-order valence-corrected chi connectivity index (χ4v) is 7.69. The number of hydrogen-bond donors (Lipinski definition) is 0. The average molecular weight is 425 g/mol. The van der Waals surface area contributed by atoms with Gasteiger partial charge in [-0.15, -0.1) is 0 Å². The van der Waals surface area contributed by atoms with E-state index in [2.05, 4.69) is 54.0 Å². The van der Waals surface area contributed by atoms with Gasteiger partial charge in [0.1, 0.15) is 11.7 Å². The van der Waals surface area contributed by atoms with Crippen molar-refractivity contribution in [3.8, 4) is 0 Å². The number of rotatable bonds is 4. The van der Waals surface area contributed by atoms with Crippen LogP contribution in [-0.4, -0.2) is 66.3 Å². The smallest absolute Gasteiger partial charge is 0.311 e. The first-order chi connectivity index (χ1) is 15.0. The van der Waals surface area contributed by atoms with Crippen molar-refractivity contribution in [2.24, 2.45) is 23.2 Å². The summed E-state index contributed by atoms with van der Waals surface area (Å²) in [7, 11) is 0. The van der Waals surface area contributed by atoms with E-state index in [0.717, 1.165) is 45.7 Å². The Labute approximate surface area is 186 Å². The molecular weight excluding hydrogens is 388 g/mol. The predicted octanol–water partition coefficient (Wildman–Crippen LogP) is 3.33. The fourth-order valence-electron chi connectivity index (χ4n) is 7.69. The highest BCUT2D eigenvalue weighted by molar-refractivity contribution is 5.76. The van der Waals surface area contributed by atoms with Gasteiger partial charge in [-0.25, -0.2) is 0 Å². The van der Waals surface area contributed by atoms with Crippen LogP contribution >= 0.6 is 0 Å². The van der Waals surface area contributed by atoms with Crippen LogP contribution in [0.5, 0.6) is 0 Å². The van der Waals surface area contributed by atoms with Crippen molar-refractivity contribution < 1.29 is 14.3 Å². The lowest BCUT2D eigenvalue weighted by atomic mass is 9.53. The minimum atomic E-state index is -0.0197. The van der Waals surface area contributed by atoms with Crippen molar-refractivity contribution in [1.29, 1.82) is 0 Å². The van der Waals surface area contributed by atoms with Crippen molar-refractivity contribution >= 4 is 5.97 Å². The Bertz CT molecular complexity index is 838. The molecule has 5 heteroatoms. The second-order valence-corrected chi connectivity index (χ2v) is 11.1. The van der Waals surface area contributed by atoms with E-state index in [1.54, 1.807) is 0 Å². The molecule has 1 aromatic carbocycles. The first-order valence-electron chi connectivity index (χ1n) is 12.4. The number of carbonyl (C=O) groups excluding carboxylic acids is 1. The van der Waals surface area contributed by atoms with E-state index in [-0.39, 0.29) is 41.0 Å². The Morgan fingerprint density at radius 3 is 2.61 bits per heavy atom. The van der Waals surface area contributed by atoms with E-state index in [9.17, 15) is 4.79 Å².